The number of nitrogens with two attached hydrogens (primary N) is 1. The predicted octanol–water partition coefficient (Wildman–Crippen LogP) is 1.55. The summed E-state index contributed by atoms with van der Waals surface area (Å²) in [6, 6.07) is 2.28. The van der Waals surface area contributed by atoms with Gasteiger partial charge >= 0.3 is 0 Å². The van der Waals surface area contributed by atoms with Crippen LogP contribution in [0.25, 0.3) is 0 Å². The number of benzene rings is 1. The highest BCUT2D eigenvalue weighted by atomic mass is 32.2. The Bertz CT molecular complexity index is 560. The number of hydrogen-bond donors (Lipinski definition) is 3. The Morgan fingerprint density at radius 3 is 2.35 bits per heavy atom. The van der Waals surface area contributed by atoms with E-state index in [0.717, 1.165) is 6.07 Å². The van der Waals surface area contributed by atoms with Gasteiger partial charge in [0.2, 0.25) is 10.0 Å². The molecule has 0 aliphatic carbocycles. The average molecular weight is 304 g/mol. The van der Waals surface area contributed by atoms with E-state index in [1.54, 1.807) is 13.8 Å². The van der Waals surface area contributed by atoms with Crippen LogP contribution in [0.1, 0.15) is 32.3 Å². The quantitative estimate of drug-likeness (QED) is 0.695. The van der Waals surface area contributed by atoms with Crippen molar-refractivity contribution < 1.29 is 17.9 Å². The highest BCUT2D eigenvalue weighted by Gasteiger charge is 2.26. The predicted molar refractivity (Wildman–Crippen MR) is 76.3 cm³/mol. The minimum atomic E-state index is -3.83. The number of anilines is 1. The Labute approximate surface area is 119 Å². The third-order valence-corrected chi connectivity index (χ3v) is 4.85. The van der Waals surface area contributed by atoms with Crippen LogP contribution in [0.3, 0.4) is 0 Å². The molecule has 0 saturated heterocycles. The number of sulfonamides is 1. The second-order valence-corrected chi connectivity index (χ2v) is 6.67. The first-order valence-electron chi connectivity index (χ1n) is 6.43. The molecule has 0 radical (unpaired) electrons. The maximum Gasteiger partial charge on any atom is 0.240 e. The topological polar surface area (TPSA) is 92.4 Å². The summed E-state index contributed by atoms with van der Waals surface area (Å²) < 4.78 is 40.0. The zero-order chi connectivity index (χ0) is 15.6. The molecule has 7 heteroatoms. The van der Waals surface area contributed by atoms with Gasteiger partial charge < -0.3 is 10.8 Å². The van der Waals surface area contributed by atoms with Crippen molar-refractivity contribution in [3.8, 4) is 0 Å². The number of nitrogens with one attached hydrogen (secondary N) is 1. The zero-order valence-corrected chi connectivity index (χ0v) is 12.7. The van der Waals surface area contributed by atoms with Gasteiger partial charge in [0.1, 0.15) is 5.82 Å². The summed E-state index contributed by atoms with van der Waals surface area (Å²) in [5.41, 5.74) is 4.29. The number of halogens is 1. The van der Waals surface area contributed by atoms with E-state index < -0.39 is 21.4 Å². The van der Waals surface area contributed by atoms with Crippen LogP contribution in [0.5, 0.6) is 0 Å². The molecule has 0 bridgehead atoms. The van der Waals surface area contributed by atoms with Gasteiger partial charge in [-0.15, -0.1) is 0 Å². The number of nitrogen functional groups attached to an aromatic ring is 1. The van der Waals surface area contributed by atoms with Crippen LogP contribution in [0, 0.1) is 12.7 Å². The molecule has 5 nitrogen and oxygen atoms in total. The van der Waals surface area contributed by atoms with E-state index in [9.17, 15) is 17.9 Å². The fourth-order valence-corrected chi connectivity index (χ4v) is 2.97. The molecular formula is C13H21FN2O3S. The number of hydrogen-bond acceptors (Lipinski definition) is 4. The third-order valence-electron chi connectivity index (χ3n) is 3.47. The van der Waals surface area contributed by atoms with Gasteiger partial charge in [-0.2, -0.15) is 0 Å². The third kappa shape index (κ3) is 3.68. The molecule has 1 aromatic carbocycles. The fraction of sp³-hybridized carbons (Fsp3) is 0.538. The van der Waals surface area contributed by atoms with Crippen molar-refractivity contribution in [2.24, 2.45) is 0 Å². The van der Waals surface area contributed by atoms with Crippen molar-refractivity contribution in [2.45, 2.75) is 44.1 Å². The minimum absolute atomic E-state index is 0.0985. The van der Waals surface area contributed by atoms with Gasteiger partial charge in [-0.1, -0.05) is 13.8 Å². The van der Waals surface area contributed by atoms with E-state index >= 15 is 0 Å². The highest BCUT2D eigenvalue weighted by molar-refractivity contribution is 7.89. The molecule has 114 valence electrons. The summed E-state index contributed by atoms with van der Waals surface area (Å²) >= 11 is 0. The van der Waals surface area contributed by atoms with Gasteiger partial charge in [0.15, 0.2) is 0 Å². The molecule has 0 heterocycles. The van der Waals surface area contributed by atoms with Crippen molar-refractivity contribution >= 4 is 15.7 Å². The molecule has 0 saturated carbocycles. The van der Waals surface area contributed by atoms with Gasteiger partial charge in [0.05, 0.1) is 16.2 Å². The van der Waals surface area contributed by atoms with Crippen LogP contribution in [-0.2, 0) is 10.0 Å². The first kappa shape index (κ1) is 16.9. The van der Waals surface area contributed by atoms with Crippen LogP contribution in [0.4, 0.5) is 10.1 Å². The van der Waals surface area contributed by atoms with Crippen molar-refractivity contribution in [1.29, 1.82) is 0 Å². The first-order valence-corrected chi connectivity index (χ1v) is 7.91. The van der Waals surface area contributed by atoms with Crippen LogP contribution >= 0.6 is 0 Å². The molecule has 20 heavy (non-hydrogen) atoms. The summed E-state index contributed by atoms with van der Waals surface area (Å²) in [6.45, 7) is 4.90. The van der Waals surface area contributed by atoms with E-state index in [4.69, 9.17) is 5.73 Å². The molecule has 4 N–H and O–H groups in total. The van der Waals surface area contributed by atoms with E-state index in [0.29, 0.717) is 12.8 Å². The van der Waals surface area contributed by atoms with Gasteiger partial charge in [0.25, 0.3) is 0 Å². The molecule has 0 spiro atoms. The lowest BCUT2D eigenvalue weighted by Gasteiger charge is -2.25. The average Bonchev–Trinajstić information content (AvgIpc) is 2.41. The van der Waals surface area contributed by atoms with Gasteiger partial charge in [-0.25, -0.2) is 17.5 Å². The summed E-state index contributed by atoms with van der Waals surface area (Å²) in [7, 11) is -3.83. The summed E-state index contributed by atoms with van der Waals surface area (Å²) in [5.74, 6) is -0.623. The van der Waals surface area contributed by atoms with E-state index in [1.165, 1.54) is 13.0 Å². The van der Waals surface area contributed by atoms with Crippen LogP contribution in [0.15, 0.2) is 17.0 Å². The van der Waals surface area contributed by atoms with Crippen LogP contribution < -0.4 is 10.5 Å². The maximum absolute atomic E-state index is 13.4. The molecule has 0 aromatic heterocycles. The molecule has 0 unspecified atom stereocenters. The lowest BCUT2D eigenvalue weighted by atomic mass is 9.98. The molecule has 0 aliphatic heterocycles. The smallest absolute Gasteiger partial charge is 0.240 e. The van der Waals surface area contributed by atoms with Crippen LogP contribution in [0.2, 0.25) is 0 Å². The largest absolute Gasteiger partial charge is 0.396 e. The Hall–Kier alpha value is -1.18. The van der Waals surface area contributed by atoms with Gasteiger partial charge in [-0.3, -0.25) is 0 Å². The number of aryl methyl sites for hydroxylation is 1. The van der Waals surface area contributed by atoms with Crippen molar-refractivity contribution in [2.75, 3.05) is 12.3 Å². The van der Waals surface area contributed by atoms with Crippen LogP contribution in [-0.4, -0.2) is 25.7 Å². The molecule has 0 atom stereocenters. The molecule has 0 fully saturated rings. The molecule has 1 aromatic rings. The first-order chi connectivity index (χ1) is 9.15. The Balaban J connectivity index is 3.01. The van der Waals surface area contributed by atoms with Crippen molar-refractivity contribution in [3.63, 3.8) is 0 Å². The van der Waals surface area contributed by atoms with Gasteiger partial charge in [0, 0.05) is 6.54 Å². The molecule has 1 rings (SSSR count). The summed E-state index contributed by atoms with van der Waals surface area (Å²) in [6.07, 6.45) is 0.854. The molecule has 0 aliphatic rings. The van der Waals surface area contributed by atoms with Crippen molar-refractivity contribution in [1.82, 2.24) is 4.72 Å². The monoisotopic (exact) mass is 304 g/mol. The SMILES string of the molecule is CCC(O)(CC)CNS(=O)(=O)c1cc(C)c(F)c(N)c1. The van der Waals surface area contributed by atoms with E-state index in [-0.39, 0.29) is 22.7 Å². The Kier molecular flexibility index (Phi) is 5.12. The number of rotatable bonds is 6. The highest BCUT2D eigenvalue weighted by Crippen LogP contribution is 2.21. The Morgan fingerprint density at radius 1 is 1.35 bits per heavy atom. The Morgan fingerprint density at radius 2 is 1.90 bits per heavy atom. The van der Waals surface area contributed by atoms with Crippen molar-refractivity contribution in [3.05, 3.63) is 23.5 Å². The lowest BCUT2D eigenvalue weighted by molar-refractivity contribution is 0.0377. The van der Waals surface area contributed by atoms with E-state index in [1.807, 2.05) is 0 Å². The molecule has 0 amide bonds. The molecular weight excluding hydrogens is 283 g/mol. The van der Waals surface area contributed by atoms with E-state index in [2.05, 4.69) is 4.72 Å². The maximum atomic E-state index is 13.4. The zero-order valence-electron chi connectivity index (χ0n) is 11.9. The summed E-state index contributed by atoms with van der Waals surface area (Å²) in [4.78, 5) is -0.108. The fourth-order valence-electron chi connectivity index (χ4n) is 1.73. The lowest BCUT2D eigenvalue weighted by Crippen LogP contribution is -2.42. The number of aliphatic hydroxyl groups is 1. The summed E-state index contributed by atoms with van der Waals surface area (Å²) in [5, 5.41) is 10.1. The standard InChI is InChI=1S/C13H21FN2O3S/c1-4-13(17,5-2)8-16-20(18,19)10-6-9(3)12(14)11(15)7-10/h6-7,16-17H,4-5,8,15H2,1-3H3. The minimum Gasteiger partial charge on any atom is -0.396 e. The normalized spacial score (nSPS) is 12.7. The second-order valence-electron chi connectivity index (χ2n) is 4.90. The second kappa shape index (κ2) is 6.07. The van der Waals surface area contributed by atoms with Gasteiger partial charge in [-0.05, 0) is 37.5 Å².